The first-order chi connectivity index (χ1) is 22.6. The minimum atomic E-state index is -6.09. The van der Waals surface area contributed by atoms with Crippen LogP contribution in [0.25, 0.3) is 0 Å². The van der Waals surface area contributed by atoms with Gasteiger partial charge in [-0.15, -0.1) is 0 Å². The molecular formula is C31H38F6I2N2O7S2. The van der Waals surface area contributed by atoms with Crippen molar-refractivity contribution in [2.75, 3.05) is 47.9 Å². The van der Waals surface area contributed by atoms with Crippen LogP contribution in [0, 0.1) is 7.14 Å². The highest BCUT2D eigenvalue weighted by molar-refractivity contribution is 14.1. The zero-order valence-corrected chi connectivity index (χ0v) is 33.4. The molecule has 0 aliphatic rings. The Hall–Kier alpha value is -1.76. The number of nitrogens with zero attached hydrogens (tertiary/aromatic N) is 2. The molecule has 0 bridgehead atoms. The molecule has 3 rings (SSSR count). The van der Waals surface area contributed by atoms with E-state index in [1.807, 2.05) is 0 Å². The SMILES string of the molecule is C[N+](C)(CCCOc1c(I)cc(CC[N+](C)(C)Cc2ccccc2)cc1I)Cc1ccccc1.O=S(=O)([O-])C(F)(F)F.O=S(=O)([O-])C(F)(F)F. The van der Waals surface area contributed by atoms with Gasteiger partial charge in [0, 0.05) is 24.0 Å². The van der Waals surface area contributed by atoms with Gasteiger partial charge < -0.3 is 22.8 Å². The van der Waals surface area contributed by atoms with Crippen molar-refractivity contribution in [3.63, 3.8) is 0 Å². The second kappa shape index (κ2) is 19.4. The lowest BCUT2D eigenvalue weighted by atomic mass is 10.1. The van der Waals surface area contributed by atoms with Gasteiger partial charge in [-0.05, 0) is 62.9 Å². The molecule has 50 heavy (non-hydrogen) atoms. The van der Waals surface area contributed by atoms with Crippen LogP contribution >= 0.6 is 45.2 Å². The van der Waals surface area contributed by atoms with E-state index in [4.69, 9.17) is 30.7 Å². The van der Waals surface area contributed by atoms with Crippen LogP contribution in [0.4, 0.5) is 26.3 Å². The molecule has 0 unspecified atom stereocenters. The van der Waals surface area contributed by atoms with Crippen molar-refractivity contribution in [1.82, 2.24) is 0 Å². The lowest BCUT2D eigenvalue weighted by Crippen LogP contribution is -2.40. The normalized spacial score (nSPS) is 12.7. The van der Waals surface area contributed by atoms with Gasteiger partial charge in [0.15, 0.2) is 20.2 Å². The van der Waals surface area contributed by atoms with Gasteiger partial charge in [-0.2, -0.15) is 26.3 Å². The van der Waals surface area contributed by atoms with Crippen molar-refractivity contribution < 1.29 is 66.0 Å². The predicted molar refractivity (Wildman–Crippen MR) is 191 cm³/mol. The molecule has 0 aromatic heterocycles. The van der Waals surface area contributed by atoms with E-state index in [-0.39, 0.29) is 0 Å². The number of likely N-dealkylation sites (N-methyl/N-ethyl adjacent to an activating group) is 1. The van der Waals surface area contributed by atoms with Gasteiger partial charge in [-0.25, -0.2) is 16.8 Å². The number of ether oxygens (including phenoxy) is 1. The number of rotatable bonds is 12. The number of hydrogen-bond acceptors (Lipinski definition) is 7. The average Bonchev–Trinajstić information content (AvgIpc) is 2.94. The molecule has 0 amide bonds. The minimum Gasteiger partial charge on any atom is -0.741 e. The van der Waals surface area contributed by atoms with E-state index in [1.54, 1.807) is 0 Å². The Kier molecular flexibility index (Phi) is 17.9. The van der Waals surface area contributed by atoms with E-state index < -0.39 is 31.3 Å². The summed E-state index contributed by atoms with van der Waals surface area (Å²) >= 11 is 4.87. The second-order valence-corrected chi connectivity index (χ2v) is 17.3. The van der Waals surface area contributed by atoms with Gasteiger partial charge in [0.05, 0.1) is 55.0 Å². The fraction of sp³-hybridized carbons (Fsp3) is 0.419. The van der Waals surface area contributed by atoms with Crippen molar-refractivity contribution in [3.8, 4) is 5.75 Å². The predicted octanol–water partition coefficient (Wildman–Crippen LogP) is 6.86. The maximum Gasteiger partial charge on any atom is 0.485 e. The summed E-state index contributed by atoms with van der Waals surface area (Å²) in [5, 5.41) is 0. The van der Waals surface area contributed by atoms with Crippen LogP contribution in [-0.2, 0) is 39.7 Å². The highest BCUT2D eigenvalue weighted by atomic mass is 127. The highest BCUT2D eigenvalue weighted by Crippen LogP contribution is 2.30. The van der Waals surface area contributed by atoms with E-state index in [0.717, 1.165) is 60.3 Å². The molecule has 0 spiro atoms. The summed E-state index contributed by atoms with van der Waals surface area (Å²) in [6, 6.07) is 26.1. The van der Waals surface area contributed by atoms with Gasteiger partial charge in [-0.3, -0.25) is 0 Å². The first-order valence-electron chi connectivity index (χ1n) is 14.5. The zero-order valence-electron chi connectivity index (χ0n) is 27.5. The molecule has 0 saturated heterocycles. The van der Waals surface area contributed by atoms with Crippen LogP contribution in [0.15, 0.2) is 72.8 Å². The van der Waals surface area contributed by atoms with E-state index in [2.05, 4.69) is 146 Å². The topological polar surface area (TPSA) is 124 Å². The largest absolute Gasteiger partial charge is 0.741 e. The van der Waals surface area contributed by atoms with E-state index >= 15 is 0 Å². The average molecular weight is 983 g/mol. The van der Waals surface area contributed by atoms with Crippen LogP contribution in [0.5, 0.6) is 5.75 Å². The molecule has 0 radical (unpaired) electrons. The third-order valence-corrected chi connectivity index (χ3v) is 9.43. The van der Waals surface area contributed by atoms with Crippen molar-refractivity contribution in [1.29, 1.82) is 0 Å². The van der Waals surface area contributed by atoms with Crippen molar-refractivity contribution >= 4 is 65.4 Å². The Morgan fingerprint density at radius 2 is 0.980 bits per heavy atom. The molecule has 0 aliphatic heterocycles. The molecule has 3 aromatic rings. The molecule has 0 heterocycles. The first-order valence-corrected chi connectivity index (χ1v) is 19.5. The van der Waals surface area contributed by atoms with E-state index in [0.29, 0.717) is 0 Å². The first kappa shape index (κ1) is 46.3. The standard InChI is InChI=1S/C29H38I2N2O.2CHF3O3S/c1-32(2,22-24-12-7-5-8-13-24)17-11-19-34-29-27(30)20-26(21-28(29)31)16-18-33(3,4)23-25-14-9-6-10-15-25;2*2-1(3,4)8(5,6)7/h5-10,12-15,20-21H,11,16-19,22-23H2,1-4H3;2*(H,5,6,7)/q+2;;/p-2. The van der Waals surface area contributed by atoms with Crippen molar-refractivity contribution in [2.45, 2.75) is 36.9 Å². The molecule has 0 aliphatic carbocycles. The van der Waals surface area contributed by atoms with Crippen LogP contribution in [0.3, 0.4) is 0 Å². The van der Waals surface area contributed by atoms with Crippen molar-refractivity contribution in [2.24, 2.45) is 0 Å². The molecule has 0 N–H and O–H groups in total. The summed E-state index contributed by atoms with van der Waals surface area (Å²) in [5.41, 5.74) is -7.12. The number of hydrogen-bond donors (Lipinski definition) is 0. The minimum absolute atomic E-state index is 0.753. The maximum absolute atomic E-state index is 10.7. The summed E-state index contributed by atoms with van der Waals surface area (Å²) < 4.78 is 128. The quantitative estimate of drug-likeness (QED) is 0.0486. The van der Waals surface area contributed by atoms with Gasteiger partial charge in [0.25, 0.3) is 0 Å². The van der Waals surface area contributed by atoms with Crippen molar-refractivity contribution in [3.05, 3.63) is 96.6 Å². The van der Waals surface area contributed by atoms with E-state index in [1.165, 1.54) is 23.8 Å². The third kappa shape index (κ3) is 18.1. The molecule has 0 fully saturated rings. The number of halogens is 8. The summed E-state index contributed by atoms with van der Waals surface area (Å²) in [4.78, 5) is 0. The Morgan fingerprint density at radius 3 is 1.32 bits per heavy atom. The molecule has 282 valence electrons. The smallest absolute Gasteiger partial charge is 0.485 e. The molecule has 0 atom stereocenters. The van der Waals surface area contributed by atoms with Crippen LogP contribution < -0.4 is 4.74 Å². The van der Waals surface area contributed by atoms with Gasteiger partial charge in [0.1, 0.15) is 18.8 Å². The van der Waals surface area contributed by atoms with Crippen LogP contribution in [0.1, 0.15) is 23.1 Å². The molecule has 19 heteroatoms. The third-order valence-electron chi connectivity index (χ3n) is 6.69. The Balaban J connectivity index is 0.000000646. The zero-order chi connectivity index (χ0) is 38.6. The summed E-state index contributed by atoms with van der Waals surface area (Å²) in [6.07, 6.45) is 2.11. The monoisotopic (exact) mass is 982 g/mol. The lowest BCUT2D eigenvalue weighted by molar-refractivity contribution is -0.903. The second-order valence-electron chi connectivity index (χ2n) is 12.2. The lowest BCUT2D eigenvalue weighted by Gasteiger charge is -2.30. The van der Waals surface area contributed by atoms with Gasteiger partial charge in [-0.1, -0.05) is 60.7 Å². The molecular weight excluding hydrogens is 944 g/mol. The fourth-order valence-electron chi connectivity index (χ4n) is 4.31. The van der Waals surface area contributed by atoms with Crippen LogP contribution in [0.2, 0.25) is 0 Å². The van der Waals surface area contributed by atoms with Gasteiger partial charge >= 0.3 is 11.0 Å². The van der Waals surface area contributed by atoms with Crippen LogP contribution in [-0.4, -0.2) is 93.8 Å². The highest BCUT2D eigenvalue weighted by Gasteiger charge is 2.37. The summed E-state index contributed by atoms with van der Waals surface area (Å²) in [5.74, 6) is 1.04. The molecule has 0 saturated carbocycles. The van der Waals surface area contributed by atoms with Gasteiger partial charge in [0.2, 0.25) is 0 Å². The maximum atomic E-state index is 10.7. The Morgan fingerprint density at radius 1 is 0.640 bits per heavy atom. The molecule has 9 nitrogen and oxygen atoms in total. The number of alkyl halides is 6. The summed E-state index contributed by atoms with van der Waals surface area (Å²) in [6.45, 7) is 5.05. The van der Waals surface area contributed by atoms with E-state index in [9.17, 15) is 26.3 Å². The number of quaternary nitrogens is 2. The number of benzene rings is 3. The Bertz CT molecular complexity index is 1650. The summed E-state index contributed by atoms with van der Waals surface area (Å²) in [7, 11) is -2.95. The fourth-order valence-corrected chi connectivity index (χ4v) is 6.52. The molecule has 3 aromatic carbocycles. The Labute approximate surface area is 316 Å².